The number of hydrogen-bond acceptors (Lipinski definition) is 6. The van der Waals surface area contributed by atoms with E-state index in [0.717, 1.165) is 5.56 Å². The highest BCUT2D eigenvalue weighted by Crippen LogP contribution is 2.37. The van der Waals surface area contributed by atoms with E-state index in [1.165, 1.54) is 23.5 Å². The molecule has 0 radical (unpaired) electrons. The first kappa shape index (κ1) is 23.4. The summed E-state index contributed by atoms with van der Waals surface area (Å²) in [5, 5.41) is 2.92. The first-order chi connectivity index (χ1) is 16.3. The zero-order valence-corrected chi connectivity index (χ0v) is 19.9. The summed E-state index contributed by atoms with van der Waals surface area (Å²) >= 11 is 0. The van der Waals surface area contributed by atoms with Gasteiger partial charge in [0.05, 0.1) is 37.4 Å². The molecule has 0 saturated carbocycles. The number of carbonyl (C=O) groups excluding carboxylic acids is 1. The molecule has 0 aromatic heterocycles. The molecule has 1 aliphatic heterocycles. The standard InChI is InChI=1S/C25H26N2O6S/c1-17(20-8-4-6-10-22(20)32-3)26-25(28)24-16-27(21-9-5-7-11-23(21)33-24)34(29,30)19-14-12-18(31-2)13-15-19/h4-15,17,24H,16H2,1-3H3,(H,26,28)/t17-,24+/m0/s1. The molecule has 0 fully saturated rings. The second-order valence-electron chi connectivity index (χ2n) is 7.76. The first-order valence-corrected chi connectivity index (χ1v) is 12.1. The van der Waals surface area contributed by atoms with Crippen LogP contribution in [0.4, 0.5) is 5.69 Å². The van der Waals surface area contributed by atoms with Crippen LogP contribution in [0, 0.1) is 0 Å². The monoisotopic (exact) mass is 482 g/mol. The fraction of sp³-hybridized carbons (Fsp3) is 0.240. The van der Waals surface area contributed by atoms with Crippen LogP contribution in [0.5, 0.6) is 17.2 Å². The van der Waals surface area contributed by atoms with Crippen LogP contribution in [0.25, 0.3) is 0 Å². The zero-order valence-electron chi connectivity index (χ0n) is 19.1. The van der Waals surface area contributed by atoms with Crippen molar-refractivity contribution in [2.24, 2.45) is 0 Å². The van der Waals surface area contributed by atoms with E-state index in [0.29, 0.717) is 22.9 Å². The number of nitrogens with one attached hydrogen (secondary N) is 1. The van der Waals surface area contributed by atoms with Crippen LogP contribution in [0.15, 0.2) is 77.7 Å². The van der Waals surface area contributed by atoms with E-state index in [9.17, 15) is 13.2 Å². The summed E-state index contributed by atoms with van der Waals surface area (Å²) in [7, 11) is -0.884. The third kappa shape index (κ3) is 4.51. The van der Waals surface area contributed by atoms with E-state index in [4.69, 9.17) is 14.2 Å². The molecular weight excluding hydrogens is 456 g/mol. The Morgan fingerprint density at radius 1 is 1.00 bits per heavy atom. The number of nitrogens with zero attached hydrogens (tertiary/aromatic N) is 1. The number of methoxy groups -OCH3 is 2. The van der Waals surface area contributed by atoms with Crippen LogP contribution in [0.3, 0.4) is 0 Å². The zero-order chi connectivity index (χ0) is 24.3. The number of amides is 1. The summed E-state index contributed by atoms with van der Waals surface area (Å²) in [6.45, 7) is 1.66. The number of hydrogen-bond donors (Lipinski definition) is 1. The molecule has 0 aliphatic carbocycles. The maximum Gasteiger partial charge on any atom is 0.264 e. The second-order valence-corrected chi connectivity index (χ2v) is 9.62. The van der Waals surface area contributed by atoms with Crippen molar-refractivity contribution in [1.29, 1.82) is 0 Å². The van der Waals surface area contributed by atoms with Gasteiger partial charge in [-0.2, -0.15) is 0 Å². The lowest BCUT2D eigenvalue weighted by Crippen LogP contribution is -2.51. The molecule has 8 nitrogen and oxygen atoms in total. The van der Waals surface area contributed by atoms with Gasteiger partial charge in [-0.25, -0.2) is 8.42 Å². The van der Waals surface area contributed by atoms with Gasteiger partial charge in [-0.05, 0) is 49.4 Å². The summed E-state index contributed by atoms with van der Waals surface area (Å²) in [5.41, 5.74) is 1.18. The molecule has 0 unspecified atom stereocenters. The Kier molecular flexibility index (Phi) is 6.65. The highest BCUT2D eigenvalue weighted by Gasteiger charge is 2.38. The summed E-state index contributed by atoms with van der Waals surface area (Å²) in [5.74, 6) is 1.08. The van der Waals surface area contributed by atoms with Crippen LogP contribution in [-0.2, 0) is 14.8 Å². The van der Waals surface area contributed by atoms with Gasteiger partial charge in [0, 0.05) is 5.56 Å². The number of sulfonamides is 1. The van der Waals surface area contributed by atoms with E-state index >= 15 is 0 Å². The Morgan fingerprint density at radius 2 is 1.68 bits per heavy atom. The summed E-state index contributed by atoms with van der Waals surface area (Å²) in [6, 6.07) is 19.9. The average Bonchev–Trinajstić information content (AvgIpc) is 2.87. The van der Waals surface area contributed by atoms with E-state index < -0.39 is 22.0 Å². The summed E-state index contributed by atoms with van der Waals surface area (Å²) in [4.78, 5) is 13.3. The van der Waals surface area contributed by atoms with Crippen molar-refractivity contribution in [2.45, 2.75) is 24.0 Å². The number of carbonyl (C=O) groups is 1. The normalized spacial score (nSPS) is 16.1. The Hall–Kier alpha value is -3.72. The minimum absolute atomic E-state index is 0.0894. The highest BCUT2D eigenvalue weighted by atomic mass is 32.2. The molecule has 0 saturated heterocycles. The molecule has 1 aliphatic rings. The maximum atomic E-state index is 13.5. The average molecular weight is 483 g/mol. The van der Waals surface area contributed by atoms with Gasteiger partial charge in [0.2, 0.25) is 0 Å². The first-order valence-electron chi connectivity index (χ1n) is 10.7. The smallest absolute Gasteiger partial charge is 0.264 e. The van der Waals surface area contributed by atoms with Gasteiger partial charge < -0.3 is 19.5 Å². The molecule has 178 valence electrons. The predicted molar refractivity (Wildman–Crippen MR) is 128 cm³/mol. The van der Waals surface area contributed by atoms with Crippen molar-refractivity contribution in [3.05, 3.63) is 78.4 Å². The molecular formula is C25H26N2O6S. The summed E-state index contributed by atoms with van der Waals surface area (Å²) < 4.78 is 44.7. The number of rotatable bonds is 7. The summed E-state index contributed by atoms with van der Waals surface area (Å²) in [6.07, 6.45) is -1.04. The minimum atomic E-state index is -3.96. The van der Waals surface area contributed by atoms with Gasteiger partial charge in [-0.15, -0.1) is 0 Å². The predicted octanol–water partition coefficient (Wildman–Crippen LogP) is 3.54. The Bertz CT molecular complexity index is 1280. The van der Waals surface area contributed by atoms with Gasteiger partial charge in [0.1, 0.15) is 17.2 Å². The molecule has 4 rings (SSSR count). The molecule has 0 bridgehead atoms. The minimum Gasteiger partial charge on any atom is -0.497 e. The molecule has 3 aromatic carbocycles. The van der Waals surface area contributed by atoms with E-state index in [-0.39, 0.29) is 17.5 Å². The highest BCUT2D eigenvalue weighted by molar-refractivity contribution is 7.92. The lowest BCUT2D eigenvalue weighted by molar-refractivity contribution is -0.128. The maximum absolute atomic E-state index is 13.5. The van der Waals surface area contributed by atoms with Crippen molar-refractivity contribution in [3.8, 4) is 17.2 Å². The Balaban J connectivity index is 1.61. The third-order valence-corrected chi connectivity index (χ3v) is 7.43. The van der Waals surface area contributed by atoms with Gasteiger partial charge in [-0.1, -0.05) is 30.3 Å². The van der Waals surface area contributed by atoms with E-state index in [2.05, 4.69) is 5.32 Å². The molecule has 9 heteroatoms. The fourth-order valence-electron chi connectivity index (χ4n) is 3.85. The SMILES string of the molecule is COc1ccc(S(=O)(=O)N2C[C@H](C(=O)N[C@@H](C)c3ccccc3OC)Oc3ccccc32)cc1. The molecule has 1 N–H and O–H groups in total. The van der Waals surface area contributed by atoms with Crippen LogP contribution in [0.1, 0.15) is 18.5 Å². The van der Waals surface area contributed by atoms with Crippen molar-refractivity contribution >= 4 is 21.6 Å². The van der Waals surface area contributed by atoms with Crippen LogP contribution in [0.2, 0.25) is 0 Å². The van der Waals surface area contributed by atoms with Crippen LogP contribution >= 0.6 is 0 Å². The topological polar surface area (TPSA) is 94.2 Å². The fourth-order valence-corrected chi connectivity index (χ4v) is 5.33. The number of anilines is 1. The Morgan fingerprint density at radius 3 is 2.38 bits per heavy atom. The lowest BCUT2D eigenvalue weighted by Gasteiger charge is -2.35. The number of para-hydroxylation sites is 3. The van der Waals surface area contributed by atoms with Crippen LogP contribution in [-0.4, -0.2) is 41.2 Å². The molecule has 2 atom stereocenters. The van der Waals surface area contributed by atoms with Gasteiger partial charge >= 0.3 is 0 Å². The molecule has 3 aromatic rings. The number of benzene rings is 3. The molecule has 1 heterocycles. The second kappa shape index (κ2) is 9.64. The molecule has 1 amide bonds. The molecule has 34 heavy (non-hydrogen) atoms. The van der Waals surface area contributed by atoms with Gasteiger partial charge in [0.15, 0.2) is 6.10 Å². The van der Waals surface area contributed by atoms with Crippen molar-refractivity contribution in [3.63, 3.8) is 0 Å². The van der Waals surface area contributed by atoms with E-state index in [1.54, 1.807) is 43.5 Å². The number of fused-ring (bicyclic) bond motifs is 1. The Labute approximate surface area is 199 Å². The largest absolute Gasteiger partial charge is 0.497 e. The van der Waals surface area contributed by atoms with E-state index in [1.807, 2.05) is 31.2 Å². The molecule has 0 spiro atoms. The van der Waals surface area contributed by atoms with Crippen molar-refractivity contribution < 1.29 is 27.4 Å². The van der Waals surface area contributed by atoms with Crippen molar-refractivity contribution in [2.75, 3.05) is 25.1 Å². The third-order valence-electron chi connectivity index (χ3n) is 5.64. The number of ether oxygens (including phenoxy) is 3. The van der Waals surface area contributed by atoms with Gasteiger partial charge in [-0.3, -0.25) is 9.10 Å². The van der Waals surface area contributed by atoms with Crippen molar-refractivity contribution in [1.82, 2.24) is 5.32 Å². The van der Waals surface area contributed by atoms with Gasteiger partial charge in [0.25, 0.3) is 15.9 Å². The van der Waals surface area contributed by atoms with Crippen LogP contribution < -0.4 is 23.8 Å². The quantitative estimate of drug-likeness (QED) is 0.554. The lowest BCUT2D eigenvalue weighted by atomic mass is 10.1.